The van der Waals surface area contributed by atoms with Crippen molar-refractivity contribution >= 4 is 5.97 Å². The van der Waals surface area contributed by atoms with E-state index in [0.29, 0.717) is 12.8 Å². The van der Waals surface area contributed by atoms with Gasteiger partial charge >= 0.3 is 5.97 Å². The fourth-order valence-corrected chi connectivity index (χ4v) is 0.929. The average Bonchev–Trinajstić information content (AvgIpc) is 2.00. The molecule has 4 nitrogen and oxygen atoms in total. The molecule has 0 aliphatic heterocycles. The lowest BCUT2D eigenvalue weighted by Gasteiger charge is -2.23. The fourth-order valence-electron chi connectivity index (χ4n) is 0.929. The topological polar surface area (TPSA) is 77.8 Å². The molecule has 0 unspecified atom stereocenters. The molecule has 0 rings (SSSR count). The first-order chi connectivity index (χ1) is 5.13. The normalized spacial score (nSPS) is 11.5. The lowest BCUT2D eigenvalue weighted by Crippen LogP contribution is -2.38. The second-order valence-electron chi connectivity index (χ2n) is 2.65. The van der Waals surface area contributed by atoms with E-state index < -0.39 is 24.6 Å². The molecule has 0 radical (unpaired) electrons. The minimum Gasteiger partial charge on any atom is -0.481 e. The van der Waals surface area contributed by atoms with Crippen LogP contribution in [0.5, 0.6) is 0 Å². The Labute approximate surface area is 65.5 Å². The van der Waals surface area contributed by atoms with Gasteiger partial charge in [-0.05, 0) is 6.42 Å². The van der Waals surface area contributed by atoms with Gasteiger partial charge in [0.2, 0.25) is 0 Å². The molecule has 0 heterocycles. The molecule has 0 aromatic rings. The molecule has 0 bridgehead atoms. The summed E-state index contributed by atoms with van der Waals surface area (Å²) in [5.74, 6) is -1.13. The highest BCUT2D eigenvalue weighted by Crippen LogP contribution is 2.22. The predicted molar refractivity (Wildman–Crippen MR) is 39.1 cm³/mol. The fraction of sp³-hybridized carbons (Fsp3) is 0.857. The van der Waals surface area contributed by atoms with Crippen LogP contribution in [0.1, 0.15) is 19.8 Å². The standard InChI is InChI=1S/C7H14O4/c1-2-3-7(4-8,5-9)6(10)11/h8-9H,2-5H2,1H3,(H,10,11). The number of carboxylic acids is 1. The minimum absolute atomic E-state index is 0.301. The van der Waals surface area contributed by atoms with Crippen molar-refractivity contribution in [1.29, 1.82) is 0 Å². The summed E-state index contributed by atoms with van der Waals surface area (Å²) in [6.07, 6.45) is 0.933. The van der Waals surface area contributed by atoms with Crippen LogP contribution in [0.2, 0.25) is 0 Å². The van der Waals surface area contributed by atoms with Gasteiger partial charge in [0, 0.05) is 0 Å². The van der Waals surface area contributed by atoms with E-state index in [1.807, 2.05) is 6.92 Å². The van der Waals surface area contributed by atoms with Crippen LogP contribution >= 0.6 is 0 Å². The van der Waals surface area contributed by atoms with E-state index in [1.165, 1.54) is 0 Å². The molecule has 66 valence electrons. The molecule has 3 N–H and O–H groups in total. The summed E-state index contributed by atoms with van der Waals surface area (Å²) in [4.78, 5) is 10.6. The summed E-state index contributed by atoms with van der Waals surface area (Å²) in [6, 6.07) is 0. The van der Waals surface area contributed by atoms with Gasteiger partial charge in [0.25, 0.3) is 0 Å². The lowest BCUT2D eigenvalue weighted by molar-refractivity contribution is -0.155. The highest BCUT2D eigenvalue weighted by atomic mass is 16.4. The molecule has 0 saturated heterocycles. The van der Waals surface area contributed by atoms with Gasteiger partial charge in [-0.25, -0.2) is 0 Å². The van der Waals surface area contributed by atoms with E-state index in [4.69, 9.17) is 15.3 Å². The lowest BCUT2D eigenvalue weighted by atomic mass is 9.85. The Morgan fingerprint density at radius 3 is 1.91 bits per heavy atom. The van der Waals surface area contributed by atoms with Gasteiger partial charge < -0.3 is 15.3 Å². The molecule has 0 aromatic heterocycles. The molecule has 0 aliphatic rings. The molecule has 4 heteroatoms. The van der Waals surface area contributed by atoms with Crippen molar-refractivity contribution in [2.24, 2.45) is 5.41 Å². The van der Waals surface area contributed by atoms with Crippen molar-refractivity contribution in [2.75, 3.05) is 13.2 Å². The largest absolute Gasteiger partial charge is 0.481 e. The number of aliphatic hydroxyl groups is 2. The maximum atomic E-state index is 10.6. The Kier molecular flexibility index (Phi) is 4.07. The Hall–Kier alpha value is -0.610. The Morgan fingerprint density at radius 1 is 1.36 bits per heavy atom. The van der Waals surface area contributed by atoms with E-state index in [0.717, 1.165) is 0 Å². The van der Waals surface area contributed by atoms with Crippen molar-refractivity contribution in [2.45, 2.75) is 19.8 Å². The Bertz CT molecular complexity index is 128. The second kappa shape index (κ2) is 4.31. The minimum atomic E-state index is -1.34. The highest BCUT2D eigenvalue weighted by molar-refractivity contribution is 5.74. The first kappa shape index (κ1) is 10.4. The van der Waals surface area contributed by atoms with Crippen molar-refractivity contribution in [3.63, 3.8) is 0 Å². The van der Waals surface area contributed by atoms with E-state index in [9.17, 15) is 4.79 Å². The Morgan fingerprint density at radius 2 is 1.82 bits per heavy atom. The summed E-state index contributed by atoms with van der Waals surface area (Å²) in [7, 11) is 0. The van der Waals surface area contributed by atoms with Gasteiger partial charge in [-0.2, -0.15) is 0 Å². The third kappa shape index (κ3) is 2.17. The molecule has 0 amide bonds. The molecule has 0 atom stereocenters. The highest BCUT2D eigenvalue weighted by Gasteiger charge is 2.36. The molecule has 0 fully saturated rings. The maximum Gasteiger partial charge on any atom is 0.314 e. The van der Waals surface area contributed by atoms with Crippen LogP contribution in [0, 0.1) is 5.41 Å². The predicted octanol–water partition coefficient (Wildman–Crippen LogP) is -0.158. The van der Waals surface area contributed by atoms with Crippen LogP contribution in [0.15, 0.2) is 0 Å². The molecular formula is C7H14O4. The second-order valence-corrected chi connectivity index (χ2v) is 2.65. The monoisotopic (exact) mass is 162 g/mol. The van der Waals surface area contributed by atoms with Gasteiger partial charge in [-0.15, -0.1) is 0 Å². The number of carboxylic acid groups (broad SMARTS) is 1. The number of hydrogen-bond acceptors (Lipinski definition) is 3. The van der Waals surface area contributed by atoms with Crippen molar-refractivity contribution in [1.82, 2.24) is 0 Å². The smallest absolute Gasteiger partial charge is 0.314 e. The first-order valence-electron chi connectivity index (χ1n) is 3.58. The number of aliphatic carboxylic acids is 1. The molecule has 0 saturated carbocycles. The summed E-state index contributed by atoms with van der Waals surface area (Å²) < 4.78 is 0. The number of hydrogen-bond donors (Lipinski definition) is 3. The molecule has 0 aliphatic carbocycles. The summed E-state index contributed by atoms with van der Waals surface area (Å²) >= 11 is 0. The molecule has 0 aromatic carbocycles. The number of carbonyl (C=O) groups is 1. The summed E-state index contributed by atoms with van der Waals surface area (Å²) in [5.41, 5.74) is -1.34. The maximum absolute atomic E-state index is 10.6. The van der Waals surface area contributed by atoms with Gasteiger partial charge in [0.15, 0.2) is 0 Å². The van der Waals surface area contributed by atoms with Crippen molar-refractivity contribution in [3.8, 4) is 0 Å². The van der Waals surface area contributed by atoms with E-state index in [-0.39, 0.29) is 0 Å². The van der Waals surface area contributed by atoms with Crippen LogP contribution in [0.25, 0.3) is 0 Å². The van der Waals surface area contributed by atoms with Gasteiger partial charge in [-0.1, -0.05) is 13.3 Å². The van der Waals surface area contributed by atoms with Crippen LogP contribution in [0.3, 0.4) is 0 Å². The zero-order valence-corrected chi connectivity index (χ0v) is 6.58. The van der Waals surface area contributed by atoms with Crippen molar-refractivity contribution < 1.29 is 20.1 Å². The number of rotatable bonds is 5. The van der Waals surface area contributed by atoms with Gasteiger partial charge in [0.1, 0.15) is 5.41 Å². The SMILES string of the molecule is CCCC(CO)(CO)C(=O)O. The molecular weight excluding hydrogens is 148 g/mol. The summed E-state index contributed by atoms with van der Waals surface area (Å²) in [6.45, 7) is 0.794. The third-order valence-electron chi connectivity index (χ3n) is 1.79. The Balaban J connectivity index is 4.32. The molecule has 11 heavy (non-hydrogen) atoms. The van der Waals surface area contributed by atoms with Crippen LogP contribution in [0.4, 0.5) is 0 Å². The third-order valence-corrected chi connectivity index (χ3v) is 1.79. The van der Waals surface area contributed by atoms with E-state index in [1.54, 1.807) is 0 Å². The van der Waals surface area contributed by atoms with Crippen LogP contribution in [-0.2, 0) is 4.79 Å². The first-order valence-corrected chi connectivity index (χ1v) is 3.58. The van der Waals surface area contributed by atoms with Crippen LogP contribution < -0.4 is 0 Å². The number of aliphatic hydroxyl groups excluding tert-OH is 2. The van der Waals surface area contributed by atoms with Gasteiger partial charge in [0.05, 0.1) is 13.2 Å². The van der Waals surface area contributed by atoms with Crippen molar-refractivity contribution in [3.05, 3.63) is 0 Å². The van der Waals surface area contributed by atoms with E-state index in [2.05, 4.69) is 0 Å². The summed E-state index contributed by atoms with van der Waals surface area (Å²) in [5, 5.41) is 26.1. The average molecular weight is 162 g/mol. The molecule has 0 spiro atoms. The van der Waals surface area contributed by atoms with Gasteiger partial charge in [-0.3, -0.25) is 4.79 Å². The zero-order valence-electron chi connectivity index (χ0n) is 6.58. The quantitative estimate of drug-likeness (QED) is 0.525. The van der Waals surface area contributed by atoms with E-state index >= 15 is 0 Å². The van der Waals surface area contributed by atoms with Crippen LogP contribution in [-0.4, -0.2) is 34.5 Å². The zero-order chi connectivity index (χ0) is 8.91.